The largest absolute Gasteiger partial charge is 0.438 e. The third kappa shape index (κ3) is 4.24. The Morgan fingerprint density at radius 1 is 1.03 bits per heavy atom. The van der Waals surface area contributed by atoms with E-state index >= 15 is 0 Å². The third-order valence-corrected chi connectivity index (χ3v) is 8.38. The number of hydrogen-bond donors (Lipinski definition) is 2. The standard InChI is InChI=1S/C23H25N5O7S/c24-21(30)17-7-8-19(35-17)36(33,34)27-11-9-26(10-12-27)18(29)13-25-22(31)20-15-3-1-2-4-16(15)23(32)28(20)14-5-6-14/h1-4,7-8,14,20H,5-6,9-13H2,(H2,24,30)(H,25,31). The number of primary amides is 1. The van der Waals surface area contributed by atoms with Crippen molar-refractivity contribution in [3.8, 4) is 0 Å². The van der Waals surface area contributed by atoms with Crippen LogP contribution in [0, 0.1) is 0 Å². The Bertz CT molecular complexity index is 1340. The van der Waals surface area contributed by atoms with E-state index in [4.69, 9.17) is 10.2 Å². The number of furan rings is 1. The monoisotopic (exact) mass is 515 g/mol. The first-order valence-corrected chi connectivity index (χ1v) is 13.0. The molecular formula is C23H25N5O7S. The second kappa shape index (κ2) is 9.06. The molecule has 1 unspecified atom stereocenters. The first-order chi connectivity index (χ1) is 17.2. The highest BCUT2D eigenvalue weighted by atomic mass is 32.2. The van der Waals surface area contributed by atoms with Gasteiger partial charge in [0.05, 0.1) is 6.54 Å². The maximum absolute atomic E-state index is 13.1. The van der Waals surface area contributed by atoms with Crippen molar-refractivity contribution in [3.05, 3.63) is 53.3 Å². The molecule has 3 N–H and O–H groups in total. The minimum Gasteiger partial charge on any atom is -0.438 e. The molecule has 1 saturated heterocycles. The minimum atomic E-state index is -3.99. The van der Waals surface area contributed by atoms with Crippen molar-refractivity contribution >= 4 is 33.7 Å². The van der Waals surface area contributed by atoms with Crippen molar-refractivity contribution in [1.82, 2.24) is 19.4 Å². The van der Waals surface area contributed by atoms with E-state index in [1.165, 1.54) is 17.0 Å². The molecule has 2 fully saturated rings. The number of carbonyl (C=O) groups excluding carboxylic acids is 4. The summed E-state index contributed by atoms with van der Waals surface area (Å²) in [5.74, 6) is -2.08. The van der Waals surface area contributed by atoms with Crippen LogP contribution >= 0.6 is 0 Å². The van der Waals surface area contributed by atoms with Gasteiger partial charge in [-0.3, -0.25) is 19.2 Å². The number of benzene rings is 1. The van der Waals surface area contributed by atoms with Gasteiger partial charge in [0.1, 0.15) is 6.04 Å². The molecule has 13 heteroatoms. The zero-order valence-electron chi connectivity index (χ0n) is 19.3. The molecule has 36 heavy (non-hydrogen) atoms. The Balaban J connectivity index is 1.18. The lowest BCUT2D eigenvalue weighted by Gasteiger charge is -2.33. The molecule has 1 aromatic heterocycles. The topological polar surface area (TPSA) is 163 Å². The number of nitrogens with two attached hydrogens (primary N) is 1. The molecule has 12 nitrogen and oxygen atoms in total. The summed E-state index contributed by atoms with van der Waals surface area (Å²) in [6.45, 7) is 0.0206. The minimum absolute atomic E-state index is 0.0224. The summed E-state index contributed by atoms with van der Waals surface area (Å²) in [7, 11) is -3.99. The van der Waals surface area contributed by atoms with Gasteiger partial charge >= 0.3 is 0 Å². The van der Waals surface area contributed by atoms with Crippen LogP contribution in [-0.2, 0) is 19.6 Å². The normalized spacial score (nSPS) is 20.3. The summed E-state index contributed by atoms with van der Waals surface area (Å²) < 4.78 is 31.7. The second-order valence-corrected chi connectivity index (χ2v) is 10.8. The lowest BCUT2D eigenvalue weighted by atomic mass is 10.0. The van der Waals surface area contributed by atoms with Gasteiger partial charge in [0, 0.05) is 37.8 Å². The van der Waals surface area contributed by atoms with Crippen LogP contribution in [0.25, 0.3) is 0 Å². The molecule has 2 aromatic rings. The lowest BCUT2D eigenvalue weighted by Crippen LogP contribution is -2.53. The average molecular weight is 516 g/mol. The van der Waals surface area contributed by atoms with Crippen LogP contribution < -0.4 is 11.1 Å². The summed E-state index contributed by atoms with van der Waals surface area (Å²) in [5, 5.41) is 2.27. The molecule has 1 aliphatic carbocycles. The smallest absolute Gasteiger partial charge is 0.284 e. The zero-order valence-corrected chi connectivity index (χ0v) is 20.1. The van der Waals surface area contributed by atoms with E-state index in [1.54, 1.807) is 29.2 Å². The van der Waals surface area contributed by atoms with Crippen LogP contribution in [0.5, 0.6) is 0 Å². The Morgan fingerprint density at radius 3 is 2.36 bits per heavy atom. The molecule has 1 saturated carbocycles. The van der Waals surface area contributed by atoms with Crippen molar-refractivity contribution in [1.29, 1.82) is 0 Å². The van der Waals surface area contributed by atoms with Gasteiger partial charge in [0.2, 0.25) is 16.9 Å². The number of amides is 4. The second-order valence-electron chi connectivity index (χ2n) is 8.92. The van der Waals surface area contributed by atoms with E-state index in [0.717, 1.165) is 17.1 Å². The van der Waals surface area contributed by atoms with Gasteiger partial charge in [0.25, 0.3) is 21.8 Å². The number of hydrogen-bond acceptors (Lipinski definition) is 7. The van der Waals surface area contributed by atoms with Crippen LogP contribution in [0.15, 0.2) is 45.9 Å². The van der Waals surface area contributed by atoms with E-state index in [9.17, 15) is 27.6 Å². The van der Waals surface area contributed by atoms with E-state index in [0.29, 0.717) is 11.1 Å². The van der Waals surface area contributed by atoms with E-state index in [-0.39, 0.29) is 56.3 Å². The molecule has 2 aliphatic heterocycles. The summed E-state index contributed by atoms with van der Waals surface area (Å²) in [6.07, 6.45) is 1.69. The van der Waals surface area contributed by atoms with Crippen LogP contribution in [0.3, 0.4) is 0 Å². The maximum Gasteiger partial charge on any atom is 0.284 e. The number of sulfonamides is 1. The van der Waals surface area contributed by atoms with Gasteiger partial charge in [-0.1, -0.05) is 18.2 Å². The zero-order chi connectivity index (χ0) is 25.6. The van der Waals surface area contributed by atoms with Crippen LogP contribution in [0.2, 0.25) is 0 Å². The maximum atomic E-state index is 13.1. The Labute approximate surface area is 207 Å². The first-order valence-electron chi connectivity index (χ1n) is 11.6. The number of fused-ring (bicyclic) bond motifs is 1. The Kier molecular flexibility index (Phi) is 6.04. The van der Waals surface area contributed by atoms with Crippen LogP contribution in [-0.4, -0.2) is 84.9 Å². The molecule has 0 spiro atoms. The number of nitrogens with zero attached hydrogens (tertiary/aromatic N) is 3. The highest BCUT2D eigenvalue weighted by molar-refractivity contribution is 7.89. The number of rotatable bonds is 7. The molecule has 3 aliphatic rings. The number of piperazine rings is 1. The molecule has 190 valence electrons. The highest BCUT2D eigenvalue weighted by Gasteiger charge is 2.47. The Morgan fingerprint density at radius 2 is 1.72 bits per heavy atom. The van der Waals surface area contributed by atoms with Crippen LogP contribution in [0.1, 0.15) is 45.4 Å². The van der Waals surface area contributed by atoms with Crippen molar-refractivity contribution < 1.29 is 32.0 Å². The van der Waals surface area contributed by atoms with Crippen LogP contribution in [0.4, 0.5) is 0 Å². The van der Waals surface area contributed by atoms with Crippen molar-refractivity contribution in [2.45, 2.75) is 30.0 Å². The predicted molar refractivity (Wildman–Crippen MR) is 124 cm³/mol. The SMILES string of the molecule is NC(=O)c1ccc(S(=O)(=O)N2CCN(C(=O)CNC(=O)C3c4ccccc4C(=O)N3C3CC3)CC2)o1. The van der Waals surface area contributed by atoms with E-state index in [1.807, 2.05) is 0 Å². The van der Waals surface area contributed by atoms with Gasteiger partial charge in [-0.25, -0.2) is 8.42 Å². The third-order valence-electron chi connectivity index (χ3n) is 6.61. The summed E-state index contributed by atoms with van der Waals surface area (Å²) in [5.41, 5.74) is 6.25. The van der Waals surface area contributed by atoms with Gasteiger partial charge in [-0.15, -0.1) is 0 Å². The fourth-order valence-corrected chi connectivity index (χ4v) is 5.93. The molecule has 5 rings (SSSR count). The molecule has 1 atom stereocenters. The predicted octanol–water partition coefficient (Wildman–Crippen LogP) is -0.313. The quantitative estimate of drug-likeness (QED) is 0.511. The molecule has 3 heterocycles. The molecule has 0 bridgehead atoms. The van der Waals surface area contributed by atoms with Gasteiger partial charge < -0.3 is 25.3 Å². The number of nitrogens with one attached hydrogen (secondary N) is 1. The van der Waals surface area contributed by atoms with Gasteiger partial charge in [0.15, 0.2) is 5.76 Å². The summed E-state index contributed by atoms with van der Waals surface area (Å²) >= 11 is 0. The van der Waals surface area contributed by atoms with Crippen molar-refractivity contribution in [3.63, 3.8) is 0 Å². The molecule has 4 amide bonds. The first kappa shape index (κ1) is 24.0. The summed E-state index contributed by atoms with van der Waals surface area (Å²) in [6, 6.07) is 8.61. The highest BCUT2D eigenvalue weighted by Crippen LogP contribution is 2.41. The molecule has 0 radical (unpaired) electrons. The number of carbonyl (C=O) groups is 4. The molecule has 1 aromatic carbocycles. The lowest BCUT2D eigenvalue weighted by molar-refractivity contribution is -0.135. The fraction of sp³-hybridized carbons (Fsp3) is 0.391. The fourth-order valence-electron chi connectivity index (χ4n) is 4.60. The van der Waals surface area contributed by atoms with Gasteiger partial charge in [-0.2, -0.15) is 4.31 Å². The van der Waals surface area contributed by atoms with E-state index in [2.05, 4.69) is 5.32 Å². The van der Waals surface area contributed by atoms with E-state index < -0.39 is 33.0 Å². The van der Waals surface area contributed by atoms with Gasteiger partial charge in [-0.05, 0) is 36.6 Å². The summed E-state index contributed by atoms with van der Waals surface area (Å²) in [4.78, 5) is 52.9. The Hall–Kier alpha value is -3.71. The molecular weight excluding hydrogens is 490 g/mol. The van der Waals surface area contributed by atoms with Crippen molar-refractivity contribution in [2.24, 2.45) is 5.73 Å². The van der Waals surface area contributed by atoms with Crippen molar-refractivity contribution in [2.75, 3.05) is 32.7 Å². The average Bonchev–Trinajstić information content (AvgIpc) is 3.48.